The first-order valence-corrected chi connectivity index (χ1v) is 7.56. The van der Waals surface area contributed by atoms with Crippen molar-refractivity contribution in [3.05, 3.63) is 59.9 Å². The summed E-state index contributed by atoms with van der Waals surface area (Å²) in [5.41, 5.74) is 2.17. The number of carbonyl (C=O) groups is 2. The summed E-state index contributed by atoms with van der Waals surface area (Å²) in [5.74, 6) is -0.769. The molecule has 0 spiro atoms. The van der Waals surface area contributed by atoms with E-state index in [2.05, 4.69) is 5.32 Å². The lowest BCUT2D eigenvalue weighted by Gasteiger charge is -2.15. The van der Waals surface area contributed by atoms with E-state index in [4.69, 9.17) is 0 Å². The van der Waals surface area contributed by atoms with Crippen LogP contribution in [0.3, 0.4) is 0 Å². The maximum absolute atomic E-state index is 13.0. The Labute approximate surface area is 131 Å². The number of thioether (sulfide) groups is 1. The fraction of sp³-hybridized carbons (Fsp3) is 0.125. The smallest absolute Gasteiger partial charge is 0.295 e. The number of rotatable bonds is 3. The highest BCUT2D eigenvalue weighted by Crippen LogP contribution is 2.32. The number of benzene rings is 2. The molecule has 22 heavy (non-hydrogen) atoms. The van der Waals surface area contributed by atoms with Gasteiger partial charge in [-0.15, -0.1) is 0 Å². The Hall–Kier alpha value is -2.34. The molecule has 1 atom stereocenters. The van der Waals surface area contributed by atoms with E-state index in [0.717, 1.165) is 27.9 Å². The van der Waals surface area contributed by atoms with Gasteiger partial charge < -0.3 is 5.32 Å². The molecule has 1 aliphatic heterocycles. The average Bonchev–Trinajstić information content (AvgIpc) is 2.77. The summed E-state index contributed by atoms with van der Waals surface area (Å²) in [7, 11) is 0. The van der Waals surface area contributed by atoms with Crippen LogP contribution in [0.5, 0.6) is 0 Å². The second-order valence-corrected chi connectivity index (χ2v) is 5.93. The van der Waals surface area contributed by atoms with E-state index in [1.54, 1.807) is 0 Å². The van der Waals surface area contributed by atoms with Gasteiger partial charge in [-0.3, -0.25) is 9.59 Å². The van der Waals surface area contributed by atoms with E-state index in [0.29, 0.717) is 5.69 Å². The molecule has 2 aromatic carbocycles. The average molecular weight is 316 g/mol. The normalized spacial score (nSPS) is 17.9. The summed E-state index contributed by atoms with van der Waals surface area (Å²) in [5, 5.41) is 2.02. The first-order chi connectivity index (χ1) is 10.6. The first kappa shape index (κ1) is 14.6. The van der Waals surface area contributed by atoms with Crippen LogP contribution in [-0.4, -0.2) is 16.5 Å². The van der Waals surface area contributed by atoms with Gasteiger partial charge in [-0.1, -0.05) is 18.2 Å². The molecule has 1 heterocycles. The number of aryl methyl sites for hydroxylation is 1. The third-order valence-electron chi connectivity index (χ3n) is 3.36. The van der Waals surface area contributed by atoms with Gasteiger partial charge in [0, 0.05) is 5.69 Å². The van der Waals surface area contributed by atoms with E-state index in [1.165, 1.54) is 24.3 Å². The van der Waals surface area contributed by atoms with Crippen LogP contribution in [0.4, 0.5) is 20.6 Å². The quantitative estimate of drug-likeness (QED) is 0.936. The number of nitrogens with one attached hydrogen (secondary N) is 1. The van der Waals surface area contributed by atoms with Crippen LogP contribution in [0.15, 0.2) is 48.5 Å². The van der Waals surface area contributed by atoms with Crippen molar-refractivity contribution < 1.29 is 14.0 Å². The topological polar surface area (TPSA) is 49.4 Å². The van der Waals surface area contributed by atoms with Gasteiger partial charge >= 0.3 is 0 Å². The van der Waals surface area contributed by atoms with Crippen molar-refractivity contribution >= 4 is 34.3 Å². The molecular formula is C16H13FN2O2S. The first-order valence-electron chi connectivity index (χ1n) is 6.68. The molecule has 0 bridgehead atoms. The third-order valence-corrected chi connectivity index (χ3v) is 4.30. The fourth-order valence-corrected chi connectivity index (χ4v) is 3.10. The predicted octanol–water partition coefficient (Wildman–Crippen LogP) is 3.77. The fourth-order valence-electron chi connectivity index (χ4n) is 2.20. The van der Waals surface area contributed by atoms with E-state index in [1.807, 2.05) is 31.2 Å². The molecule has 1 aliphatic rings. The molecule has 0 aliphatic carbocycles. The summed E-state index contributed by atoms with van der Waals surface area (Å²) in [4.78, 5) is 25.6. The van der Waals surface area contributed by atoms with Crippen LogP contribution in [0.1, 0.15) is 5.56 Å². The van der Waals surface area contributed by atoms with Gasteiger partial charge in [0.25, 0.3) is 11.1 Å². The highest BCUT2D eigenvalue weighted by Gasteiger charge is 2.40. The molecule has 0 saturated carbocycles. The lowest BCUT2D eigenvalue weighted by Crippen LogP contribution is -2.34. The van der Waals surface area contributed by atoms with Gasteiger partial charge in [0.2, 0.25) is 0 Å². The second-order valence-electron chi connectivity index (χ2n) is 4.87. The number of amides is 2. The van der Waals surface area contributed by atoms with Gasteiger partial charge in [-0.2, -0.15) is 0 Å². The Morgan fingerprint density at radius 2 is 1.77 bits per heavy atom. The lowest BCUT2D eigenvalue weighted by atomic mass is 10.2. The van der Waals surface area contributed by atoms with E-state index >= 15 is 0 Å². The van der Waals surface area contributed by atoms with Crippen molar-refractivity contribution in [2.75, 3.05) is 10.2 Å². The summed E-state index contributed by atoms with van der Waals surface area (Å²) in [6.45, 7) is 1.92. The molecular weight excluding hydrogens is 303 g/mol. The lowest BCUT2D eigenvalue weighted by molar-refractivity contribution is -0.116. The minimum absolute atomic E-state index is 0.357. The zero-order valence-electron chi connectivity index (χ0n) is 11.7. The van der Waals surface area contributed by atoms with E-state index in [9.17, 15) is 14.0 Å². The van der Waals surface area contributed by atoms with Crippen molar-refractivity contribution in [3.63, 3.8) is 0 Å². The van der Waals surface area contributed by atoms with Gasteiger partial charge in [-0.05, 0) is 54.6 Å². The largest absolute Gasteiger partial charge is 0.365 e. The highest BCUT2D eigenvalue weighted by atomic mass is 32.2. The number of hydrogen-bond acceptors (Lipinski definition) is 4. The van der Waals surface area contributed by atoms with E-state index < -0.39 is 11.2 Å². The number of para-hydroxylation sites is 1. The predicted molar refractivity (Wildman–Crippen MR) is 85.5 cm³/mol. The third kappa shape index (κ3) is 2.69. The molecule has 4 nitrogen and oxygen atoms in total. The maximum atomic E-state index is 13.0. The zero-order chi connectivity index (χ0) is 15.7. The van der Waals surface area contributed by atoms with Crippen molar-refractivity contribution in [1.29, 1.82) is 0 Å². The van der Waals surface area contributed by atoms with Crippen LogP contribution in [-0.2, 0) is 4.79 Å². The molecule has 0 aromatic heterocycles. The molecule has 1 saturated heterocycles. The number of hydrogen-bond donors (Lipinski definition) is 1. The van der Waals surface area contributed by atoms with Crippen LogP contribution in [0, 0.1) is 12.7 Å². The Morgan fingerprint density at radius 1 is 1.09 bits per heavy atom. The Morgan fingerprint density at radius 3 is 2.45 bits per heavy atom. The molecule has 0 unspecified atom stereocenters. The number of carbonyl (C=O) groups excluding carboxylic acids is 2. The SMILES string of the molecule is Cc1ccccc1N[C@H]1SC(=O)N(c2ccc(F)cc2)C1=O. The van der Waals surface area contributed by atoms with Gasteiger partial charge in [-0.25, -0.2) is 9.29 Å². The van der Waals surface area contributed by atoms with Crippen molar-refractivity contribution in [2.45, 2.75) is 12.3 Å². The highest BCUT2D eigenvalue weighted by molar-refractivity contribution is 8.16. The Balaban J connectivity index is 1.82. The van der Waals surface area contributed by atoms with Crippen LogP contribution in [0.25, 0.3) is 0 Å². The maximum Gasteiger partial charge on any atom is 0.295 e. The molecule has 2 amide bonds. The zero-order valence-corrected chi connectivity index (χ0v) is 12.6. The number of halogens is 1. The molecule has 112 valence electrons. The monoisotopic (exact) mass is 316 g/mol. The molecule has 1 N–H and O–H groups in total. The van der Waals surface area contributed by atoms with Crippen LogP contribution in [0.2, 0.25) is 0 Å². The Kier molecular flexibility index (Phi) is 3.85. The van der Waals surface area contributed by atoms with Crippen molar-refractivity contribution in [3.8, 4) is 0 Å². The summed E-state index contributed by atoms with van der Waals surface area (Å²) < 4.78 is 13.0. The van der Waals surface area contributed by atoms with Gasteiger partial charge in [0.15, 0.2) is 5.37 Å². The van der Waals surface area contributed by atoms with Crippen molar-refractivity contribution in [2.24, 2.45) is 0 Å². The number of anilines is 2. The summed E-state index contributed by atoms with van der Waals surface area (Å²) in [6.07, 6.45) is 0. The minimum Gasteiger partial charge on any atom is -0.365 e. The van der Waals surface area contributed by atoms with Crippen molar-refractivity contribution in [1.82, 2.24) is 0 Å². The number of nitrogens with zero attached hydrogens (tertiary/aromatic N) is 1. The standard InChI is InChI=1S/C16H13FN2O2S/c1-10-4-2-3-5-13(10)18-14-15(20)19(16(21)22-14)12-8-6-11(17)7-9-12/h2-9,14,18H,1H3/t14-/m0/s1. The molecule has 3 rings (SSSR count). The summed E-state index contributed by atoms with van der Waals surface area (Å²) >= 11 is 0.917. The molecule has 2 aromatic rings. The van der Waals surface area contributed by atoms with E-state index in [-0.39, 0.29) is 11.1 Å². The van der Waals surface area contributed by atoms with Crippen LogP contribution >= 0.6 is 11.8 Å². The van der Waals surface area contributed by atoms with Crippen LogP contribution < -0.4 is 10.2 Å². The Bertz CT molecular complexity index is 733. The molecule has 0 radical (unpaired) electrons. The van der Waals surface area contributed by atoms with Gasteiger partial charge in [0.1, 0.15) is 5.82 Å². The molecule has 1 fully saturated rings. The minimum atomic E-state index is -0.682. The number of imide groups is 1. The second kappa shape index (κ2) is 5.81. The summed E-state index contributed by atoms with van der Waals surface area (Å²) in [6, 6.07) is 12.8. The molecule has 6 heteroatoms. The van der Waals surface area contributed by atoms with Gasteiger partial charge in [0.05, 0.1) is 5.69 Å².